The van der Waals surface area contributed by atoms with Gasteiger partial charge in [-0.25, -0.2) is 9.48 Å². The molecule has 0 aromatic carbocycles. The van der Waals surface area contributed by atoms with E-state index in [9.17, 15) is 18.0 Å². The average molecular weight is 307 g/mol. The summed E-state index contributed by atoms with van der Waals surface area (Å²) in [5.74, 6) is -1.04. The Kier molecular flexibility index (Phi) is 4.40. The molecule has 0 aliphatic carbocycles. The van der Waals surface area contributed by atoms with E-state index in [1.54, 1.807) is 0 Å². The van der Waals surface area contributed by atoms with Crippen LogP contribution in [0.2, 0.25) is 0 Å². The first-order valence-corrected chi connectivity index (χ1v) is 6.46. The lowest BCUT2D eigenvalue weighted by molar-refractivity contribution is -0.142. The molecule has 0 bridgehead atoms. The molecule has 9 heteroatoms. The van der Waals surface area contributed by atoms with Gasteiger partial charge in [0.25, 0.3) is 0 Å². The fraction of sp³-hybridized carbons (Fsp3) is 0.667. The Morgan fingerprint density at radius 3 is 2.76 bits per heavy atom. The number of aromatic nitrogens is 2. The molecular formula is C12H16F3N3O3. The first-order valence-electron chi connectivity index (χ1n) is 6.46. The number of methoxy groups -OCH3 is 1. The summed E-state index contributed by atoms with van der Waals surface area (Å²) in [4.78, 5) is 11.7. The van der Waals surface area contributed by atoms with E-state index >= 15 is 0 Å². The number of esters is 1. The normalized spacial score (nSPS) is 19.5. The van der Waals surface area contributed by atoms with E-state index in [0.717, 1.165) is 20.0 Å². The molecule has 1 aliphatic heterocycles. The van der Waals surface area contributed by atoms with Crippen molar-refractivity contribution in [2.75, 3.05) is 19.5 Å². The Bertz CT molecular complexity index is 522. The number of nitrogen functional groups attached to an aromatic ring is 1. The van der Waals surface area contributed by atoms with Crippen molar-refractivity contribution in [2.45, 2.75) is 38.1 Å². The Morgan fingerprint density at radius 2 is 2.24 bits per heavy atom. The van der Waals surface area contributed by atoms with Gasteiger partial charge in [0, 0.05) is 6.61 Å². The van der Waals surface area contributed by atoms with Gasteiger partial charge < -0.3 is 15.2 Å². The Hall–Kier alpha value is -1.77. The largest absolute Gasteiger partial charge is 0.464 e. The molecule has 1 unspecified atom stereocenters. The minimum atomic E-state index is -4.49. The number of carbonyl (C=O) groups is 1. The monoisotopic (exact) mass is 307 g/mol. The van der Waals surface area contributed by atoms with Crippen LogP contribution < -0.4 is 5.73 Å². The van der Waals surface area contributed by atoms with Crippen molar-refractivity contribution < 1.29 is 27.4 Å². The van der Waals surface area contributed by atoms with Gasteiger partial charge in [-0.2, -0.15) is 18.3 Å². The molecule has 1 aromatic heterocycles. The molecule has 0 amide bonds. The second-order valence-electron chi connectivity index (χ2n) is 4.77. The Balaban J connectivity index is 2.42. The lowest BCUT2D eigenvalue weighted by Crippen LogP contribution is -2.20. The number of nitrogens with two attached hydrogens (primary N) is 1. The zero-order valence-electron chi connectivity index (χ0n) is 11.4. The van der Waals surface area contributed by atoms with E-state index in [1.807, 2.05) is 0 Å². The van der Waals surface area contributed by atoms with Gasteiger partial charge in [-0.1, -0.05) is 0 Å². The van der Waals surface area contributed by atoms with Crippen molar-refractivity contribution in [3.8, 4) is 0 Å². The number of ether oxygens (including phenoxy) is 2. The van der Waals surface area contributed by atoms with Crippen molar-refractivity contribution in [1.29, 1.82) is 0 Å². The number of carbonyl (C=O) groups excluding carboxylic acids is 1. The van der Waals surface area contributed by atoms with Gasteiger partial charge >= 0.3 is 12.1 Å². The van der Waals surface area contributed by atoms with Crippen molar-refractivity contribution >= 4 is 11.8 Å². The number of halogens is 3. The van der Waals surface area contributed by atoms with Crippen LogP contribution in [0.3, 0.4) is 0 Å². The zero-order chi connectivity index (χ0) is 15.6. The van der Waals surface area contributed by atoms with Gasteiger partial charge in [0.15, 0.2) is 5.69 Å². The SMILES string of the molecule is COC(=O)c1nn(CC(F)(F)F)c(N)c1C1CCCCO1. The highest BCUT2D eigenvalue weighted by atomic mass is 19.4. The third-order valence-corrected chi connectivity index (χ3v) is 3.24. The van der Waals surface area contributed by atoms with Crippen LogP contribution >= 0.6 is 0 Å². The van der Waals surface area contributed by atoms with E-state index in [4.69, 9.17) is 10.5 Å². The maximum Gasteiger partial charge on any atom is 0.408 e. The van der Waals surface area contributed by atoms with E-state index in [1.165, 1.54) is 0 Å². The van der Waals surface area contributed by atoms with Gasteiger partial charge in [0.2, 0.25) is 0 Å². The second kappa shape index (κ2) is 5.92. The van der Waals surface area contributed by atoms with Gasteiger partial charge in [0.1, 0.15) is 12.4 Å². The van der Waals surface area contributed by atoms with Crippen LogP contribution in [0.15, 0.2) is 0 Å². The quantitative estimate of drug-likeness (QED) is 0.865. The predicted molar refractivity (Wildman–Crippen MR) is 66.6 cm³/mol. The number of hydrogen-bond acceptors (Lipinski definition) is 5. The number of nitrogens with zero attached hydrogens (tertiary/aromatic N) is 2. The van der Waals surface area contributed by atoms with Crippen molar-refractivity contribution in [3.05, 3.63) is 11.3 Å². The lowest BCUT2D eigenvalue weighted by atomic mass is 10.0. The molecule has 0 spiro atoms. The van der Waals surface area contributed by atoms with E-state index in [-0.39, 0.29) is 17.1 Å². The van der Waals surface area contributed by atoms with Crippen molar-refractivity contribution in [3.63, 3.8) is 0 Å². The second-order valence-corrected chi connectivity index (χ2v) is 4.77. The van der Waals surface area contributed by atoms with E-state index in [0.29, 0.717) is 17.7 Å². The molecular weight excluding hydrogens is 291 g/mol. The summed E-state index contributed by atoms with van der Waals surface area (Å²) < 4.78 is 48.2. The third-order valence-electron chi connectivity index (χ3n) is 3.24. The number of rotatable bonds is 3. The van der Waals surface area contributed by atoms with E-state index in [2.05, 4.69) is 9.84 Å². The van der Waals surface area contributed by atoms with Crippen LogP contribution in [0.1, 0.15) is 41.4 Å². The molecule has 1 atom stereocenters. The van der Waals surface area contributed by atoms with Gasteiger partial charge in [-0.15, -0.1) is 0 Å². The van der Waals surface area contributed by atoms with E-state index < -0.39 is 24.8 Å². The summed E-state index contributed by atoms with van der Waals surface area (Å²) in [6.45, 7) is -0.898. The van der Waals surface area contributed by atoms with Crippen LogP contribution in [0.4, 0.5) is 19.0 Å². The summed E-state index contributed by atoms with van der Waals surface area (Å²) in [5.41, 5.74) is 5.72. The molecule has 2 heterocycles. The molecule has 1 aliphatic rings. The zero-order valence-corrected chi connectivity index (χ0v) is 11.4. The highest BCUT2D eigenvalue weighted by Gasteiger charge is 2.35. The minimum absolute atomic E-state index is 0.186. The first-order chi connectivity index (χ1) is 9.83. The lowest BCUT2D eigenvalue weighted by Gasteiger charge is -2.23. The summed E-state index contributed by atoms with van der Waals surface area (Å²) in [5, 5.41) is 3.66. The number of anilines is 1. The van der Waals surface area contributed by atoms with Gasteiger partial charge in [-0.05, 0) is 19.3 Å². The first kappa shape index (κ1) is 15.6. The highest BCUT2D eigenvalue weighted by Crippen LogP contribution is 2.35. The summed E-state index contributed by atoms with van der Waals surface area (Å²) >= 11 is 0. The molecule has 2 N–H and O–H groups in total. The molecule has 6 nitrogen and oxygen atoms in total. The summed E-state index contributed by atoms with van der Waals surface area (Å²) in [6, 6.07) is 0. The molecule has 118 valence electrons. The molecule has 2 rings (SSSR count). The standard InChI is InChI=1S/C12H16F3N3O3/c1-20-11(19)9-8(7-4-2-3-5-21-7)10(16)18(17-9)6-12(13,14)15/h7H,2-6,16H2,1H3. The molecule has 1 fully saturated rings. The predicted octanol–water partition coefficient (Wildman–Crippen LogP) is 2.06. The number of alkyl halides is 3. The molecule has 0 saturated carbocycles. The van der Waals surface area contributed by atoms with Crippen LogP contribution in [0.5, 0.6) is 0 Å². The van der Waals surface area contributed by atoms with Crippen molar-refractivity contribution in [2.24, 2.45) is 0 Å². The van der Waals surface area contributed by atoms with Crippen LogP contribution in [-0.4, -0.2) is 35.6 Å². The fourth-order valence-corrected chi connectivity index (χ4v) is 2.31. The topological polar surface area (TPSA) is 79.4 Å². The van der Waals surface area contributed by atoms with Crippen LogP contribution in [-0.2, 0) is 16.0 Å². The molecule has 1 aromatic rings. The third kappa shape index (κ3) is 3.46. The molecule has 0 radical (unpaired) electrons. The summed E-state index contributed by atoms with van der Waals surface area (Å²) in [6.07, 6.45) is -2.74. The Labute approximate surface area is 119 Å². The van der Waals surface area contributed by atoms with Crippen LogP contribution in [0, 0.1) is 0 Å². The Morgan fingerprint density at radius 1 is 1.52 bits per heavy atom. The highest BCUT2D eigenvalue weighted by molar-refractivity contribution is 5.90. The minimum Gasteiger partial charge on any atom is -0.464 e. The molecule has 21 heavy (non-hydrogen) atoms. The van der Waals surface area contributed by atoms with Gasteiger partial charge in [0.05, 0.1) is 18.8 Å². The maximum atomic E-state index is 12.5. The fourth-order valence-electron chi connectivity index (χ4n) is 2.31. The van der Waals surface area contributed by atoms with Crippen molar-refractivity contribution in [1.82, 2.24) is 9.78 Å². The van der Waals surface area contributed by atoms with Gasteiger partial charge in [-0.3, -0.25) is 0 Å². The van der Waals surface area contributed by atoms with Crippen LogP contribution in [0.25, 0.3) is 0 Å². The summed E-state index contributed by atoms with van der Waals surface area (Å²) in [7, 11) is 1.13. The molecule has 1 saturated heterocycles. The maximum absolute atomic E-state index is 12.5. The number of hydrogen-bond donors (Lipinski definition) is 1. The smallest absolute Gasteiger partial charge is 0.408 e. The average Bonchev–Trinajstić information content (AvgIpc) is 2.74.